The van der Waals surface area contributed by atoms with Crippen LogP contribution in [0, 0.1) is 16.0 Å². The van der Waals surface area contributed by atoms with Crippen molar-refractivity contribution in [1.82, 2.24) is 10.2 Å². The van der Waals surface area contributed by atoms with Crippen molar-refractivity contribution in [3.05, 3.63) is 27.8 Å². The highest BCUT2D eigenvalue weighted by Crippen LogP contribution is 2.47. The lowest BCUT2D eigenvalue weighted by Gasteiger charge is -2.43. The molecule has 1 atom stereocenters. The number of phenolic OH excluding ortho intramolecular Hbond substituents is 1. The summed E-state index contributed by atoms with van der Waals surface area (Å²) in [4.78, 5) is 13.1. The lowest BCUT2D eigenvalue weighted by atomic mass is 9.76. The molecule has 1 saturated heterocycles. The van der Waals surface area contributed by atoms with Crippen LogP contribution in [0.4, 0.5) is 5.69 Å². The van der Waals surface area contributed by atoms with Crippen molar-refractivity contribution in [2.75, 3.05) is 33.3 Å². The van der Waals surface area contributed by atoms with Gasteiger partial charge in [0.15, 0.2) is 11.5 Å². The number of nitro benzene ring substituents is 1. The van der Waals surface area contributed by atoms with E-state index in [4.69, 9.17) is 4.74 Å². The molecule has 1 aliphatic heterocycles. The third-order valence-electron chi connectivity index (χ3n) is 4.98. The number of nitro groups is 1. The molecule has 2 aliphatic rings. The standard InChI is InChI=1S/C16H23N3O4/c1-23-14-10-12(19(21)22)9-13(16(14)20)15(11-3-2-4-11)18-7-5-17-6-8-18/h9-11,15,17,20H,2-8H2,1H3/t15-/m0/s1. The zero-order valence-corrected chi connectivity index (χ0v) is 13.3. The summed E-state index contributed by atoms with van der Waals surface area (Å²) >= 11 is 0. The first-order chi connectivity index (χ1) is 11.1. The summed E-state index contributed by atoms with van der Waals surface area (Å²) in [6.45, 7) is 3.56. The van der Waals surface area contributed by atoms with E-state index in [0.29, 0.717) is 11.5 Å². The van der Waals surface area contributed by atoms with Gasteiger partial charge in [-0.25, -0.2) is 0 Å². The van der Waals surface area contributed by atoms with Gasteiger partial charge >= 0.3 is 0 Å². The quantitative estimate of drug-likeness (QED) is 0.637. The summed E-state index contributed by atoms with van der Waals surface area (Å²) in [5.41, 5.74) is 0.594. The van der Waals surface area contributed by atoms with Crippen LogP contribution in [-0.4, -0.2) is 48.2 Å². The molecule has 1 aliphatic carbocycles. The van der Waals surface area contributed by atoms with Gasteiger partial charge in [0.25, 0.3) is 5.69 Å². The second-order valence-corrected chi connectivity index (χ2v) is 6.26. The topological polar surface area (TPSA) is 87.9 Å². The number of hydrogen-bond acceptors (Lipinski definition) is 6. The number of nitrogens with zero attached hydrogens (tertiary/aromatic N) is 2. The molecule has 0 radical (unpaired) electrons. The Morgan fingerprint density at radius 1 is 1.39 bits per heavy atom. The predicted octanol–water partition coefficient (Wildman–Crippen LogP) is 2.06. The largest absolute Gasteiger partial charge is 0.504 e. The molecule has 7 heteroatoms. The van der Waals surface area contributed by atoms with E-state index in [2.05, 4.69) is 10.2 Å². The Morgan fingerprint density at radius 3 is 2.61 bits per heavy atom. The maximum Gasteiger partial charge on any atom is 0.273 e. The van der Waals surface area contributed by atoms with E-state index in [1.54, 1.807) is 0 Å². The molecule has 2 fully saturated rings. The molecule has 7 nitrogen and oxygen atoms in total. The Morgan fingerprint density at radius 2 is 2.09 bits per heavy atom. The molecule has 1 heterocycles. The molecular formula is C16H23N3O4. The molecule has 0 amide bonds. The van der Waals surface area contributed by atoms with Crippen molar-refractivity contribution in [1.29, 1.82) is 0 Å². The fourth-order valence-electron chi connectivity index (χ4n) is 3.57. The molecule has 126 valence electrons. The maximum atomic E-state index is 11.2. The number of ether oxygens (including phenoxy) is 1. The number of phenols is 1. The van der Waals surface area contributed by atoms with E-state index in [9.17, 15) is 15.2 Å². The third kappa shape index (κ3) is 3.11. The fourth-order valence-corrected chi connectivity index (χ4v) is 3.57. The van der Waals surface area contributed by atoms with Crippen LogP contribution in [-0.2, 0) is 0 Å². The van der Waals surface area contributed by atoms with Crippen molar-refractivity contribution in [3.8, 4) is 11.5 Å². The highest BCUT2D eigenvalue weighted by Gasteiger charge is 2.36. The van der Waals surface area contributed by atoms with E-state index < -0.39 is 4.92 Å². The molecule has 2 N–H and O–H groups in total. The van der Waals surface area contributed by atoms with Gasteiger partial charge < -0.3 is 15.2 Å². The first-order valence-corrected chi connectivity index (χ1v) is 8.12. The van der Waals surface area contributed by atoms with Crippen LogP contribution in [0.3, 0.4) is 0 Å². The van der Waals surface area contributed by atoms with Gasteiger partial charge in [-0.1, -0.05) is 6.42 Å². The first-order valence-electron chi connectivity index (χ1n) is 8.12. The highest BCUT2D eigenvalue weighted by molar-refractivity contribution is 5.55. The number of rotatable bonds is 5. The van der Waals surface area contributed by atoms with Gasteiger partial charge in [-0.2, -0.15) is 0 Å². The second kappa shape index (κ2) is 6.72. The third-order valence-corrected chi connectivity index (χ3v) is 4.98. The normalized spacial score (nSPS) is 20.7. The first kappa shape index (κ1) is 16.0. The Bertz CT molecular complexity index is 583. The zero-order chi connectivity index (χ0) is 16.4. The average molecular weight is 321 g/mol. The average Bonchev–Trinajstić information content (AvgIpc) is 2.52. The molecule has 0 spiro atoms. The SMILES string of the molecule is COc1cc([N+](=O)[O-])cc([C@H](C2CCC2)N2CCNCC2)c1O. The number of benzene rings is 1. The van der Waals surface area contributed by atoms with Crippen LogP contribution < -0.4 is 10.1 Å². The van der Waals surface area contributed by atoms with Gasteiger partial charge in [-0.15, -0.1) is 0 Å². The van der Waals surface area contributed by atoms with Gasteiger partial charge in [0.1, 0.15) is 0 Å². The summed E-state index contributed by atoms with van der Waals surface area (Å²) in [7, 11) is 1.42. The lowest BCUT2D eigenvalue weighted by molar-refractivity contribution is -0.385. The van der Waals surface area contributed by atoms with Crippen LogP contribution in [0.2, 0.25) is 0 Å². The molecular weight excluding hydrogens is 298 g/mol. The van der Waals surface area contributed by atoms with Gasteiger partial charge in [-0.05, 0) is 18.8 Å². The van der Waals surface area contributed by atoms with E-state index >= 15 is 0 Å². The lowest BCUT2D eigenvalue weighted by Crippen LogP contribution is -2.47. The summed E-state index contributed by atoms with van der Waals surface area (Å²) in [5.74, 6) is 0.646. The maximum absolute atomic E-state index is 11.2. The summed E-state index contributed by atoms with van der Waals surface area (Å²) < 4.78 is 5.16. The monoisotopic (exact) mass is 321 g/mol. The number of piperazine rings is 1. The minimum Gasteiger partial charge on any atom is -0.504 e. The molecule has 1 saturated carbocycles. The molecule has 1 aromatic carbocycles. The van der Waals surface area contributed by atoms with Crippen molar-refractivity contribution in [2.45, 2.75) is 25.3 Å². The van der Waals surface area contributed by atoms with E-state index in [-0.39, 0.29) is 23.2 Å². The molecule has 0 unspecified atom stereocenters. The minimum absolute atomic E-state index is 0.0136. The zero-order valence-electron chi connectivity index (χ0n) is 13.3. The summed E-state index contributed by atoms with van der Waals surface area (Å²) in [6, 6.07) is 2.82. The number of methoxy groups -OCH3 is 1. The van der Waals surface area contributed by atoms with Gasteiger partial charge in [0.2, 0.25) is 0 Å². The van der Waals surface area contributed by atoms with Gasteiger partial charge in [0.05, 0.1) is 18.1 Å². The number of nitrogens with one attached hydrogen (secondary N) is 1. The van der Waals surface area contributed by atoms with Gasteiger partial charge in [0, 0.05) is 43.9 Å². The number of aromatic hydroxyl groups is 1. The minimum atomic E-state index is -0.430. The Kier molecular flexibility index (Phi) is 4.68. The Labute approximate surface area is 135 Å². The van der Waals surface area contributed by atoms with Crippen molar-refractivity contribution >= 4 is 5.69 Å². The van der Waals surface area contributed by atoms with Crippen LogP contribution in [0.1, 0.15) is 30.9 Å². The molecule has 3 rings (SSSR count). The predicted molar refractivity (Wildman–Crippen MR) is 85.8 cm³/mol. The van der Waals surface area contributed by atoms with E-state index in [0.717, 1.165) is 39.0 Å². The summed E-state index contributed by atoms with van der Waals surface area (Å²) in [5, 5.41) is 25.1. The van der Waals surface area contributed by atoms with Crippen molar-refractivity contribution in [3.63, 3.8) is 0 Å². The van der Waals surface area contributed by atoms with E-state index in [1.807, 2.05) is 0 Å². The number of hydrogen-bond donors (Lipinski definition) is 2. The van der Waals surface area contributed by atoms with Crippen molar-refractivity contribution < 1.29 is 14.8 Å². The van der Waals surface area contributed by atoms with Crippen LogP contribution in [0.15, 0.2) is 12.1 Å². The Balaban J connectivity index is 2.03. The second-order valence-electron chi connectivity index (χ2n) is 6.26. The molecule has 0 aromatic heterocycles. The highest BCUT2D eigenvalue weighted by atomic mass is 16.6. The van der Waals surface area contributed by atoms with Crippen LogP contribution in [0.5, 0.6) is 11.5 Å². The summed E-state index contributed by atoms with van der Waals surface area (Å²) in [6.07, 6.45) is 3.37. The molecule has 0 bridgehead atoms. The van der Waals surface area contributed by atoms with Crippen molar-refractivity contribution in [2.24, 2.45) is 5.92 Å². The molecule has 1 aromatic rings. The van der Waals surface area contributed by atoms with Crippen LogP contribution in [0.25, 0.3) is 0 Å². The fraction of sp³-hybridized carbons (Fsp3) is 0.625. The number of non-ortho nitro benzene ring substituents is 1. The van der Waals surface area contributed by atoms with Crippen LogP contribution >= 0.6 is 0 Å². The Hall–Kier alpha value is -1.86. The molecule has 23 heavy (non-hydrogen) atoms. The van der Waals surface area contributed by atoms with E-state index in [1.165, 1.54) is 25.7 Å². The van der Waals surface area contributed by atoms with Gasteiger partial charge in [-0.3, -0.25) is 15.0 Å². The smallest absolute Gasteiger partial charge is 0.273 e.